The first kappa shape index (κ1) is 30.0. The molecule has 7 nitrogen and oxygen atoms in total. The molecule has 2 aromatic rings. The Bertz CT molecular complexity index is 1240. The Kier molecular flexibility index (Phi) is 9.51. The SMILES string of the molecule is CCCC(CC/C=C/C(=O)c1c(C)nn(-c2cccc(C(F)(F)F)c2)c1C1CC1)N1CC[C@@H](NC(C)=O)[C@H]1CO. The van der Waals surface area contributed by atoms with Gasteiger partial charge in [0.1, 0.15) is 0 Å². The van der Waals surface area contributed by atoms with Crippen molar-refractivity contribution in [1.29, 1.82) is 0 Å². The minimum Gasteiger partial charge on any atom is -0.395 e. The van der Waals surface area contributed by atoms with Crippen LogP contribution in [0.1, 0.15) is 92.0 Å². The fourth-order valence-corrected chi connectivity index (χ4v) is 5.96. The number of likely N-dealkylation sites (tertiary alicyclic amines) is 1. The Hall–Kier alpha value is -2.98. The molecular formula is C30H39F3N4O3. The number of nitrogens with one attached hydrogen (secondary N) is 1. The molecule has 3 atom stereocenters. The van der Waals surface area contributed by atoms with Gasteiger partial charge in [0, 0.05) is 31.5 Å². The van der Waals surface area contributed by atoms with E-state index >= 15 is 0 Å². The van der Waals surface area contributed by atoms with E-state index in [1.165, 1.54) is 17.7 Å². The summed E-state index contributed by atoms with van der Waals surface area (Å²) in [6.07, 6.45) is 4.87. The zero-order chi connectivity index (χ0) is 29.0. The molecule has 1 aromatic heterocycles. The normalized spacial score (nSPS) is 20.8. The van der Waals surface area contributed by atoms with Gasteiger partial charge in [-0.1, -0.05) is 25.5 Å². The maximum Gasteiger partial charge on any atom is 0.416 e. The van der Waals surface area contributed by atoms with Crippen LogP contribution >= 0.6 is 0 Å². The van der Waals surface area contributed by atoms with Gasteiger partial charge in [-0.3, -0.25) is 14.5 Å². The zero-order valence-corrected chi connectivity index (χ0v) is 23.4. The van der Waals surface area contributed by atoms with E-state index in [2.05, 4.69) is 22.2 Å². The highest BCUT2D eigenvalue weighted by Crippen LogP contribution is 2.44. The number of halogens is 3. The zero-order valence-electron chi connectivity index (χ0n) is 23.4. The number of aromatic nitrogens is 2. The number of carbonyl (C=O) groups excluding carboxylic acids is 2. The van der Waals surface area contributed by atoms with Gasteiger partial charge in [0.15, 0.2) is 5.78 Å². The van der Waals surface area contributed by atoms with Crippen molar-refractivity contribution in [2.45, 2.75) is 95.9 Å². The number of benzene rings is 1. The average Bonchev–Trinajstić information content (AvgIpc) is 3.57. The van der Waals surface area contributed by atoms with Crippen molar-refractivity contribution < 1.29 is 27.9 Å². The lowest BCUT2D eigenvalue weighted by Crippen LogP contribution is -2.49. The molecule has 1 saturated carbocycles. The van der Waals surface area contributed by atoms with E-state index in [0.717, 1.165) is 57.2 Å². The minimum absolute atomic E-state index is 0.0292. The molecule has 0 radical (unpaired) electrons. The summed E-state index contributed by atoms with van der Waals surface area (Å²) in [7, 11) is 0. The van der Waals surface area contributed by atoms with Gasteiger partial charge in [0.2, 0.25) is 5.91 Å². The Morgan fingerprint density at radius 3 is 2.60 bits per heavy atom. The number of allylic oxidation sites excluding steroid dienone is 2. The van der Waals surface area contributed by atoms with E-state index in [4.69, 9.17) is 0 Å². The molecule has 2 heterocycles. The number of hydrogen-bond acceptors (Lipinski definition) is 5. The summed E-state index contributed by atoms with van der Waals surface area (Å²) in [5, 5.41) is 17.5. The van der Waals surface area contributed by atoms with Crippen molar-refractivity contribution in [3.63, 3.8) is 0 Å². The maximum atomic E-state index is 13.4. The van der Waals surface area contributed by atoms with Crippen molar-refractivity contribution in [3.05, 3.63) is 58.9 Å². The van der Waals surface area contributed by atoms with Crippen LogP contribution in [0.4, 0.5) is 13.2 Å². The number of alkyl halides is 3. The summed E-state index contributed by atoms with van der Waals surface area (Å²) >= 11 is 0. The van der Waals surface area contributed by atoms with Crippen LogP contribution in [-0.2, 0) is 11.0 Å². The van der Waals surface area contributed by atoms with Crippen molar-refractivity contribution in [3.8, 4) is 5.69 Å². The topological polar surface area (TPSA) is 87.5 Å². The highest BCUT2D eigenvalue weighted by molar-refractivity contribution is 6.06. The first-order chi connectivity index (χ1) is 19.0. The second-order valence-corrected chi connectivity index (χ2v) is 10.9. The molecule has 1 saturated heterocycles. The number of aryl methyl sites for hydroxylation is 1. The van der Waals surface area contributed by atoms with Crippen LogP contribution in [0.5, 0.6) is 0 Å². The minimum atomic E-state index is -4.47. The third-order valence-electron chi connectivity index (χ3n) is 7.92. The summed E-state index contributed by atoms with van der Waals surface area (Å²) in [6, 6.07) is 5.06. The van der Waals surface area contributed by atoms with E-state index < -0.39 is 11.7 Å². The van der Waals surface area contributed by atoms with Gasteiger partial charge in [-0.25, -0.2) is 4.68 Å². The van der Waals surface area contributed by atoms with E-state index in [1.807, 2.05) is 6.08 Å². The van der Waals surface area contributed by atoms with Crippen LogP contribution in [0.15, 0.2) is 36.4 Å². The van der Waals surface area contributed by atoms with Gasteiger partial charge in [0.25, 0.3) is 0 Å². The van der Waals surface area contributed by atoms with E-state index in [-0.39, 0.29) is 42.3 Å². The fraction of sp³-hybridized carbons (Fsp3) is 0.567. The summed E-state index contributed by atoms with van der Waals surface area (Å²) in [6.45, 7) is 6.09. The Morgan fingerprint density at radius 2 is 1.98 bits per heavy atom. The molecule has 1 amide bonds. The lowest BCUT2D eigenvalue weighted by Gasteiger charge is -2.34. The lowest BCUT2D eigenvalue weighted by atomic mass is 10.0. The summed E-state index contributed by atoms with van der Waals surface area (Å²) < 4.78 is 41.5. The Labute approximate surface area is 233 Å². The van der Waals surface area contributed by atoms with Gasteiger partial charge in [-0.15, -0.1) is 0 Å². The molecule has 2 fully saturated rings. The van der Waals surface area contributed by atoms with E-state index in [0.29, 0.717) is 29.1 Å². The monoisotopic (exact) mass is 560 g/mol. The quantitative estimate of drug-likeness (QED) is 0.271. The largest absolute Gasteiger partial charge is 0.416 e. The molecule has 1 aliphatic heterocycles. The molecule has 1 unspecified atom stereocenters. The van der Waals surface area contributed by atoms with Gasteiger partial charge in [-0.05, 0) is 69.7 Å². The van der Waals surface area contributed by atoms with E-state index in [1.54, 1.807) is 19.1 Å². The number of amides is 1. The standard InChI is InChI=1S/C30H39F3N4O3/c1-4-8-23(36-16-15-25(26(36)18-38)34-20(3)39)10-5-6-12-27(40)28-19(2)35-37(29(28)21-13-14-21)24-11-7-9-22(17-24)30(31,32)33/h6-7,9,11-12,17,21,23,25-26,38H,4-5,8,10,13-16,18H2,1-3H3,(H,34,39)/b12-6+/t23?,25-,26-/m1/s1. The van der Waals surface area contributed by atoms with Crippen LogP contribution in [0, 0.1) is 6.92 Å². The van der Waals surface area contributed by atoms with Crippen molar-refractivity contribution in [1.82, 2.24) is 20.0 Å². The van der Waals surface area contributed by atoms with Gasteiger partial charge < -0.3 is 10.4 Å². The van der Waals surface area contributed by atoms with Crippen molar-refractivity contribution >= 4 is 11.7 Å². The number of hydrogen-bond donors (Lipinski definition) is 2. The second-order valence-electron chi connectivity index (χ2n) is 10.9. The summed E-state index contributed by atoms with van der Waals surface area (Å²) in [4.78, 5) is 27.2. The molecule has 2 N–H and O–H groups in total. The number of aliphatic hydroxyl groups excluding tert-OH is 1. The third-order valence-corrected chi connectivity index (χ3v) is 7.92. The molecule has 1 aliphatic carbocycles. The predicted octanol–water partition coefficient (Wildman–Crippen LogP) is 5.34. The van der Waals surface area contributed by atoms with E-state index in [9.17, 15) is 27.9 Å². The molecule has 4 rings (SSSR count). The summed E-state index contributed by atoms with van der Waals surface area (Å²) in [5.74, 6) is -0.194. The van der Waals surface area contributed by atoms with Crippen molar-refractivity contribution in [2.24, 2.45) is 0 Å². The molecular weight excluding hydrogens is 521 g/mol. The Morgan fingerprint density at radius 1 is 1.23 bits per heavy atom. The van der Waals surface area contributed by atoms with Gasteiger partial charge in [-0.2, -0.15) is 18.3 Å². The maximum absolute atomic E-state index is 13.4. The first-order valence-corrected chi connectivity index (χ1v) is 14.2. The predicted molar refractivity (Wildman–Crippen MR) is 146 cm³/mol. The first-order valence-electron chi connectivity index (χ1n) is 14.2. The second kappa shape index (κ2) is 12.7. The van der Waals surface area contributed by atoms with Gasteiger partial charge in [0.05, 0.1) is 40.9 Å². The number of ketones is 1. The smallest absolute Gasteiger partial charge is 0.395 e. The molecule has 1 aromatic carbocycles. The average molecular weight is 561 g/mol. The number of aliphatic hydroxyl groups is 1. The molecule has 2 aliphatic rings. The number of nitrogens with zero attached hydrogens (tertiary/aromatic N) is 3. The van der Waals surface area contributed by atoms with Crippen LogP contribution < -0.4 is 5.32 Å². The van der Waals surface area contributed by atoms with Crippen LogP contribution in [0.3, 0.4) is 0 Å². The molecule has 0 bridgehead atoms. The summed E-state index contributed by atoms with van der Waals surface area (Å²) in [5.41, 5.74) is 1.21. The van der Waals surface area contributed by atoms with Crippen LogP contribution in [0.2, 0.25) is 0 Å². The number of rotatable bonds is 12. The molecule has 0 spiro atoms. The highest BCUT2D eigenvalue weighted by atomic mass is 19.4. The van der Waals surface area contributed by atoms with Gasteiger partial charge >= 0.3 is 6.18 Å². The molecule has 40 heavy (non-hydrogen) atoms. The third kappa shape index (κ3) is 6.83. The lowest BCUT2D eigenvalue weighted by molar-refractivity contribution is -0.137. The molecule has 10 heteroatoms. The van der Waals surface area contributed by atoms with Crippen molar-refractivity contribution in [2.75, 3.05) is 13.2 Å². The van der Waals surface area contributed by atoms with Crippen LogP contribution in [-0.4, -0.2) is 62.8 Å². The highest BCUT2D eigenvalue weighted by Gasteiger charge is 2.38. The fourth-order valence-electron chi connectivity index (χ4n) is 5.96. The molecule has 218 valence electrons. The Balaban J connectivity index is 1.48. The number of carbonyl (C=O) groups is 2. The van der Waals surface area contributed by atoms with Crippen LogP contribution in [0.25, 0.3) is 5.69 Å².